The van der Waals surface area contributed by atoms with Crippen LogP contribution >= 0.6 is 11.3 Å². The van der Waals surface area contributed by atoms with Gasteiger partial charge in [-0.05, 0) is 55.7 Å². The van der Waals surface area contributed by atoms with Gasteiger partial charge >= 0.3 is 0 Å². The van der Waals surface area contributed by atoms with Crippen LogP contribution in [-0.4, -0.2) is 36.7 Å². The van der Waals surface area contributed by atoms with E-state index in [2.05, 4.69) is 15.8 Å². The number of hydrogen-bond acceptors (Lipinski definition) is 6. The zero-order valence-electron chi connectivity index (χ0n) is 16.0. The molecule has 2 N–H and O–H groups in total. The minimum absolute atomic E-state index is 0.213. The monoisotopic (exact) mass is 430 g/mol. The van der Waals surface area contributed by atoms with Gasteiger partial charge in [0, 0.05) is 18.7 Å². The van der Waals surface area contributed by atoms with Crippen molar-refractivity contribution in [2.24, 2.45) is 0 Å². The number of aromatic nitrogens is 1. The smallest absolute Gasteiger partial charge is 0.269 e. The highest BCUT2D eigenvalue weighted by Crippen LogP contribution is 2.27. The summed E-state index contributed by atoms with van der Waals surface area (Å²) < 4.78 is 27.9. The second kappa shape index (κ2) is 8.10. The Morgan fingerprint density at radius 3 is 2.48 bits per heavy atom. The number of thiazole rings is 1. The predicted octanol–water partition coefficient (Wildman–Crippen LogP) is 3.54. The molecule has 0 atom stereocenters. The van der Waals surface area contributed by atoms with Crippen molar-refractivity contribution in [3.63, 3.8) is 0 Å². The lowest BCUT2D eigenvalue weighted by atomic mass is 10.2. The van der Waals surface area contributed by atoms with Gasteiger partial charge in [0.15, 0.2) is 0 Å². The Kier molecular flexibility index (Phi) is 5.53. The molecule has 0 spiro atoms. The summed E-state index contributed by atoms with van der Waals surface area (Å²) in [6.45, 7) is 3.09. The number of anilines is 1. The third-order valence-corrected chi connectivity index (χ3v) is 7.82. The Balaban J connectivity index is 1.43. The van der Waals surface area contributed by atoms with E-state index in [-0.39, 0.29) is 10.8 Å². The van der Waals surface area contributed by atoms with Gasteiger partial charge < -0.3 is 0 Å². The van der Waals surface area contributed by atoms with Crippen LogP contribution in [0, 0.1) is 6.92 Å². The van der Waals surface area contributed by atoms with Gasteiger partial charge in [0.25, 0.3) is 5.91 Å². The number of carbonyl (C=O) groups excluding carboxylic acids is 1. The first-order chi connectivity index (χ1) is 13.9. The number of nitrogens with zero attached hydrogens (tertiary/aromatic N) is 2. The van der Waals surface area contributed by atoms with Crippen LogP contribution in [0.15, 0.2) is 47.4 Å². The summed E-state index contributed by atoms with van der Waals surface area (Å²) >= 11 is 1.45. The maximum atomic E-state index is 12.7. The zero-order valence-corrected chi connectivity index (χ0v) is 17.6. The molecule has 0 aliphatic carbocycles. The maximum Gasteiger partial charge on any atom is 0.269 e. The molecule has 1 fully saturated rings. The van der Waals surface area contributed by atoms with E-state index in [0.717, 1.165) is 35.0 Å². The SMILES string of the molecule is Cc1cccc2sc(NNC(=O)c3ccc(S(=O)(=O)N4CCCCC4)cc3)nc12. The maximum absolute atomic E-state index is 12.7. The summed E-state index contributed by atoms with van der Waals surface area (Å²) in [5.74, 6) is -0.358. The molecule has 0 unspecified atom stereocenters. The first-order valence-corrected chi connectivity index (χ1v) is 11.7. The molecule has 3 aromatic rings. The van der Waals surface area contributed by atoms with Gasteiger partial charge in [0.05, 0.1) is 15.1 Å². The minimum atomic E-state index is -3.50. The van der Waals surface area contributed by atoms with Gasteiger partial charge in [-0.3, -0.25) is 15.6 Å². The number of fused-ring (bicyclic) bond motifs is 1. The third-order valence-electron chi connectivity index (χ3n) is 4.97. The van der Waals surface area contributed by atoms with Gasteiger partial charge in [-0.15, -0.1) is 0 Å². The second-order valence-electron chi connectivity index (χ2n) is 7.01. The second-order valence-corrected chi connectivity index (χ2v) is 9.98. The first kappa shape index (κ1) is 19.8. The summed E-state index contributed by atoms with van der Waals surface area (Å²) in [6.07, 6.45) is 2.83. The van der Waals surface area contributed by atoms with Crippen molar-refractivity contribution < 1.29 is 13.2 Å². The molecule has 2 heterocycles. The molecule has 0 bridgehead atoms. The van der Waals surface area contributed by atoms with Crippen LogP contribution < -0.4 is 10.9 Å². The lowest BCUT2D eigenvalue weighted by Gasteiger charge is -2.25. The number of piperidine rings is 1. The van der Waals surface area contributed by atoms with Crippen LogP contribution in [0.2, 0.25) is 0 Å². The summed E-state index contributed by atoms with van der Waals surface area (Å²) in [5.41, 5.74) is 7.80. The van der Waals surface area contributed by atoms with E-state index in [1.165, 1.54) is 39.9 Å². The topological polar surface area (TPSA) is 91.4 Å². The highest BCUT2D eigenvalue weighted by molar-refractivity contribution is 7.89. The van der Waals surface area contributed by atoms with Gasteiger partial charge in [-0.2, -0.15) is 4.31 Å². The molecule has 152 valence electrons. The Morgan fingerprint density at radius 2 is 1.79 bits per heavy atom. The van der Waals surface area contributed by atoms with E-state index in [0.29, 0.717) is 23.8 Å². The molecular formula is C20H22N4O3S2. The highest BCUT2D eigenvalue weighted by atomic mass is 32.2. The van der Waals surface area contributed by atoms with Crippen LogP contribution in [0.1, 0.15) is 35.2 Å². The van der Waals surface area contributed by atoms with E-state index in [4.69, 9.17) is 0 Å². The Morgan fingerprint density at radius 1 is 1.07 bits per heavy atom. The summed E-state index contributed by atoms with van der Waals surface area (Å²) in [6, 6.07) is 12.0. The Bertz CT molecular complexity index is 1130. The van der Waals surface area contributed by atoms with E-state index in [1.807, 2.05) is 25.1 Å². The van der Waals surface area contributed by atoms with E-state index >= 15 is 0 Å². The number of aryl methyl sites for hydroxylation is 1. The number of hydrogen-bond donors (Lipinski definition) is 2. The molecule has 0 radical (unpaired) electrons. The number of carbonyl (C=O) groups is 1. The number of amides is 1. The lowest BCUT2D eigenvalue weighted by molar-refractivity contribution is 0.0962. The molecule has 9 heteroatoms. The van der Waals surface area contributed by atoms with Crippen molar-refractivity contribution in [3.05, 3.63) is 53.6 Å². The van der Waals surface area contributed by atoms with Gasteiger partial charge in [0.1, 0.15) is 0 Å². The first-order valence-electron chi connectivity index (χ1n) is 9.48. The molecule has 4 rings (SSSR count). The quantitative estimate of drug-likeness (QED) is 0.604. The largest absolute Gasteiger partial charge is 0.273 e. The summed E-state index contributed by atoms with van der Waals surface area (Å²) in [5, 5.41) is 0.590. The molecule has 7 nitrogen and oxygen atoms in total. The van der Waals surface area contributed by atoms with Crippen molar-refractivity contribution in [2.45, 2.75) is 31.1 Å². The summed E-state index contributed by atoms with van der Waals surface area (Å²) in [7, 11) is -3.50. The normalized spacial score (nSPS) is 15.3. The number of sulfonamides is 1. The fourth-order valence-electron chi connectivity index (χ4n) is 3.35. The number of hydrazine groups is 1. The molecule has 29 heavy (non-hydrogen) atoms. The Labute approximate surface area is 173 Å². The predicted molar refractivity (Wildman–Crippen MR) is 114 cm³/mol. The van der Waals surface area contributed by atoms with E-state index in [1.54, 1.807) is 0 Å². The molecule has 0 saturated carbocycles. The summed E-state index contributed by atoms with van der Waals surface area (Å²) in [4.78, 5) is 17.1. The van der Waals surface area contributed by atoms with Gasteiger partial charge in [-0.1, -0.05) is 29.9 Å². The lowest BCUT2D eigenvalue weighted by Crippen LogP contribution is -2.35. The van der Waals surface area contributed by atoms with E-state index in [9.17, 15) is 13.2 Å². The average molecular weight is 431 g/mol. The standard InChI is InChI=1S/C20H22N4O3S2/c1-14-6-5-7-17-18(14)21-20(28-17)23-22-19(25)15-8-10-16(11-9-15)29(26,27)24-12-3-2-4-13-24/h5-11H,2-4,12-13H2,1H3,(H,21,23)(H,22,25). The minimum Gasteiger partial charge on any atom is -0.273 e. The number of benzene rings is 2. The molecule has 1 aromatic heterocycles. The fraction of sp³-hybridized carbons (Fsp3) is 0.300. The fourth-order valence-corrected chi connectivity index (χ4v) is 5.77. The van der Waals surface area contributed by atoms with Crippen LogP contribution in [0.25, 0.3) is 10.2 Å². The van der Waals surface area contributed by atoms with Crippen LogP contribution in [-0.2, 0) is 10.0 Å². The number of nitrogens with one attached hydrogen (secondary N) is 2. The van der Waals surface area contributed by atoms with Crippen LogP contribution in [0.4, 0.5) is 5.13 Å². The molecule has 1 saturated heterocycles. The van der Waals surface area contributed by atoms with Crippen molar-refractivity contribution >= 4 is 42.6 Å². The third kappa shape index (κ3) is 4.12. The highest BCUT2D eigenvalue weighted by Gasteiger charge is 2.25. The molecular weight excluding hydrogens is 408 g/mol. The molecule has 1 aliphatic heterocycles. The number of rotatable bonds is 5. The van der Waals surface area contributed by atoms with Crippen molar-refractivity contribution in [1.82, 2.24) is 14.7 Å². The van der Waals surface area contributed by atoms with Crippen molar-refractivity contribution in [3.8, 4) is 0 Å². The molecule has 2 aromatic carbocycles. The van der Waals surface area contributed by atoms with Crippen LogP contribution in [0.5, 0.6) is 0 Å². The van der Waals surface area contributed by atoms with Crippen molar-refractivity contribution in [2.75, 3.05) is 18.5 Å². The molecule has 1 amide bonds. The molecule has 1 aliphatic rings. The Hall–Kier alpha value is -2.49. The van der Waals surface area contributed by atoms with Gasteiger partial charge in [-0.25, -0.2) is 13.4 Å². The average Bonchev–Trinajstić information content (AvgIpc) is 3.17. The van der Waals surface area contributed by atoms with Crippen molar-refractivity contribution in [1.29, 1.82) is 0 Å². The van der Waals surface area contributed by atoms with Crippen LogP contribution in [0.3, 0.4) is 0 Å². The van der Waals surface area contributed by atoms with Gasteiger partial charge in [0.2, 0.25) is 15.2 Å². The zero-order chi connectivity index (χ0) is 20.4. The van der Waals surface area contributed by atoms with E-state index < -0.39 is 10.0 Å². The number of para-hydroxylation sites is 1.